The lowest BCUT2D eigenvalue weighted by molar-refractivity contribution is -0.153. The molecule has 0 unspecified atom stereocenters. The molecule has 0 saturated heterocycles. The third-order valence-electron chi connectivity index (χ3n) is 3.14. The topological polar surface area (TPSA) is 56.8 Å². The molecule has 128 valence electrons. The molecule has 24 heavy (non-hydrogen) atoms. The van der Waals surface area contributed by atoms with E-state index in [-0.39, 0.29) is 5.75 Å². The summed E-state index contributed by atoms with van der Waals surface area (Å²) in [6.07, 6.45) is -3.17. The van der Waals surface area contributed by atoms with E-state index in [9.17, 15) is 13.2 Å². The molecular weight excluding hydrogens is 321 g/mol. The van der Waals surface area contributed by atoms with Gasteiger partial charge in [0, 0.05) is 6.07 Å². The number of aryl methyl sites for hydroxylation is 2. The maximum absolute atomic E-state index is 12.2. The van der Waals surface area contributed by atoms with Crippen LogP contribution in [0, 0.1) is 13.8 Å². The Morgan fingerprint density at radius 3 is 2.46 bits per heavy atom. The third-order valence-corrected chi connectivity index (χ3v) is 3.14. The molecule has 2 N–H and O–H groups in total. The Balaban J connectivity index is 2.18. The number of benzene rings is 2. The van der Waals surface area contributed by atoms with Crippen LogP contribution in [0.4, 0.5) is 18.9 Å². The van der Waals surface area contributed by atoms with Crippen molar-refractivity contribution in [3.63, 3.8) is 0 Å². The Labute approximate surface area is 137 Å². The fourth-order valence-electron chi connectivity index (χ4n) is 2.02. The van der Waals surface area contributed by atoms with Crippen molar-refractivity contribution in [2.24, 2.45) is 10.7 Å². The molecule has 0 heterocycles. The number of hydrogen-bond donors (Lipinski definition) is 1. The predicted octanol–water partition coefficient (Wildman–Crippen LogP) is 4.66. The van der Waals surface area contributed by atoms with Crippen LogP contribution in [-0.4, -0.2) is 19.1 Å². The summed E-state index contributed by atoms with van der Waals surface area (Å²) in [4.78, 5) is 4.05. The van der Waals surface area contributed by atoms with E-state index in [1.165, 1.54) is 18.5 Å². The molecule has 0 spiro atoms. The van der Waals surface area contributed by atoms with Crippen molar-refractivity contribution in [3.05, 3.63) is 47.5 Å². The maximum atomic E-state index is 12.2. The Morgan fingerprint density at radius 1 is 1.08 bits per heavy atom. The molecule has 0 radical (unpaired) electrons. The normalized spacial score (nSPS) is 11.7. The lowest BCUT2D eigenvalue weighted by Gasteiger charge is -2.13. The smallest absolute Gasteiger partial charge is 0.422 e. The first kappa shape index (κ1) is 17.7. The van der Waals surface area contributed by atoms with Crippen molar-refractivity contribution < 1.29 is 22.6 Å². The lowest BCUT2D eigenvalue weighted by atomic mass is 10.1. The van der Waals surface area contributed by atoms with Crippen LogP contribution in [0.3, 0.4) is 0 Å². The number of nitrogens with zero attached hydrogens (tertiary/aromatic N) is 1. The van der Waals surface area contributed by atoms with Crippen LogP contribution in [0.15, 0.2) is 41.4 Å². The quantitative estimate of drug-likeness (QED) is 0.637. The predicted molar refractivity (Wildman–Crippen MR) is 86.3 cm³/mol. The van der Waals surface area contributed by atoms with Crippen LogP contribution in [0.1, 0.15) is 11.1 Å². The van der Waals surface area contributed by atoms with Gasteiger partial charge in [0.25, 0.3) is 0 Å². The van der Waals surface area contributed by atoms with Crippen molar-refractivity contribution in [2.45, 2.75) is 20.0 Å². The molecular formula is C17H17F3N2O2. The van der Waals surface area contributed by atoms with Gasteiger partial charge in [-0.25, -0.2) is 4.99 Å². The van der Waals surface area contributed by atoms with Gasteiger partial charge < -0.3 is 15.2 Å². The van der Waals surface area contributed by atoms with Crippen molar-refractivity contribution >= 4 is 12.0 Å². The average Bonchev–Trinajstić information content (AvgIpc) is 2.50. The zero-order valence-corrected chi connectivity index (χ0v) is 13.2. The molecule has 0 aliphatic carbocycles. The van der Waals surface area contributed by atoms with Crippen molar-refractivity contribution in [2.75, 3.05) is 6.61 Å². The second kappa shape index (κ2) is 7.25. The summed E-state index contributed by atoms with van der Waals surface area (Å²) in [5.41, 5.74) is 7.71. The Morgan fingerprint density at radius 2 is 1.79 bits per heavy atom. The van der Waals surface area contributed by atoms with Gasteiger partial charge >= 0.3 is 6.18 Å². The number of nitrogens with two attached hydrogens (primary N) is 1. The van der Waals surface area contributed by atoms with Gasteiger partial charge in [0.05, 0.1) is 12.0 Å². The van der Waals surface area contributed by atoms with E-state index in [0.717, 1.165) is 16.8 Å². The Kier molecular flexibility index (Phi) is 5.33. The van der Waals surface area contributed by atoms with E-state index in [0.29, 0.717) is 11.5 Å². The minimum absolute atomic E-state index is 0.0866. The number of halogens is 3. The largest absolute Gasteiger partial charge is 0.484 e. The van der Waals surface area contributed by atoms with Gasteiger partial charge in [-0.15, -0.1) is 0 Å². The Bertz CT molecular complexity index is 743. The molecule has 0 saturated carbocycles. The van der Waals surface area contributed by atoms with Gasteiger partial charge in [-0.2, -0.15) is 13.2 Å². The molecule has 7 heteroatoms. The molecule has 2 aromatic carbocycles. The summed E-state index contributed by atoms with van der Waals surface area (Å²) in [7, 11) is 0. The molecule has 0 fully saturated rings. The zero-order chi connectivity index (χ0) is 17.7. The highest BCUT2D eigenvalue weighted by atomic mass is 19.4. The van der Waals surface area contributed by atoms with Gasteiger partial charge in [-0.3, -0.25) is 0 Å². The average molecular weight is 338 g/mol. The summed E-state index contributed by atoms with van der Waals surface area (Å²) < 4.78 is 47.1. The van der Waals surface area contributed by atoms with Crippen LogP contribution in [-0.2, 0) is 0 Å². The van der Waals surface area contributed by atoms with Crippen LogP contribution in [0.25, 0.3) is 0 Å². The van der Waals surface area contributed by atoms with E-state index in [4.69, 9.17) is 15.2 Å². The van der Waals surface area contributed by atoms with Gasteiger partial charge in [-0.05, 0) is 49.2 Å². The summed E-state index contributed by atoms with van der Waals surface area (Å²) in [6, 6.07) is 9.67. The monoisotopic (exact) mass is 338 g/mol. The molecule has 4 nitrogen and oxygen atoms in total. The Hall–Kier alpha value is -2.70. The van der Waals surface area contributed by atoms with Crippen LogP contribution < -0.4 is 15.2 Å². The molecule has 0 aromatic heterocycles. The molecule has 0 atom stereocenters. The summed E-state index contributed by atoms with van der Waals surface area (Å²) >= 11 is 0. The van der Waals surface area contributed by atoms with Crippen molar-refractivity contribution in [1.82, 2.24) is 0 Å². The number of hydrogen-bond acceptors (Lipinski definition) is 3. The lowest BCUT2D eigenvalue weighted by Crippen LogP contribution is -2.19. The van der Waals surface area contributed by atoms with Gasteiger partial charge in [0.15, 0.2) is 6.61 Å². The molecule has 2 aromatic rings. The van der Waals surface area contributed by atoms with Crippen molar-refractivity contribution in [3.8, 4) is 17.2 Å². The summed E-state index contributed by atoms with van der Waals surface area (Å²) in [5.74, 6) is 1.05. The van der Waals surface area contributed by atoms with Crippen molar-refractivity contribution in [1.29, 1.82) is 0 Å². The highest BCUT2D eigenvalue weighted by Gasteiger charge is 2.28. The first-order chi connectivity index (χ1) is 11.3. The SMILES string of the molecule is Cc1cc(Oc2cccc(OCC(F)(F)F)c2)c(C)cc1N=CN. The highest BCUT2D eigenvalue weighted by molar-refractivity contribution is 5.63. The zero-order valence-electron chi connectivity index (χ0n) is 13.2. The molecule has 0 bridgehead atoms. The van der Waals surface area contributed by atoms with Crippen LogP contribution in [0.5, 0.6) is 17.2 Å². The summed E-state index contributed by atoms with van der Waals surface area (Å²) in [6.45, 7) is 2.35. The first-order valence-corrected chi connectivity index (χ1v) is 7.11. The van der Waals surface area contributed by atoms with Gasteiger partial charge in [-0.1, -0.05) is 6.07 Å². The second-order valence-electron chi connectivity index (χ2n) is 5.16. The number of rotatable bonds is 5. The number of aliphatic imine (C=N–C) groups is 1. The van der Waals surface area contributed by atoms with E-state index in [1.54, 1.807) is 18.2 Å². The fraction of sp³-hybridized carbons (Fsp3) is 0.235. The highest BCUT2D eigenvalue weighted by Crippen LogP contribution is 2.32. The minimum atomic E-state index is -4.39. The molecule has 0 aliphatic heterocycles. The summed E-state index contributed by atoms with van der Waals surface area (Å²) in [5, 5.41) is 0. The van der Waals surface area contributed by atoms with E-state index >= 15 is 0 Å². The first-order valence-electron chi connectivity index (χ1n) is 7.11. The molecule has 2 rings (SSSR count). The van der Waals surface area contributed by atoms with Gasteiger partial charge in [0.1, 0.15) is 17.2 Å². The second-order valence-corrected chi connectivity index (χ2v) is 5.16. The standard InChI is InChI=1S/C17H17F3N2O2/c1-11-7-16(12(2)6-15(11)22-10-21)24-14-5-3-4-13(8-14)23-9-17(18,19)20/h3-8,10H,9H2,1-2H3,(H2,21,22). The number of alkyl halides is 3. The minimum Gasteiger partial charge on any atom is -0.484 e. The van der Waals surface area contributed by atoms with Gasteiger partial charge in [0.2, 0.25) is 0 Å². The molecule has 0 aliphatic rings. The van der Waals surface area contributed by atoms with E-state index in [2.05, 4.69) is 4.99 Å². The van der Waals surface area contributed by atoms with E-state index in [1.807, 2.05) is 19.9 Å². The fourth-order valence-corrected chi connectivity index (χ4v) is 2.02. The van der Waals surface area contributed by atoms with Crippen LogP contribution >= 0.6 is 0 Å². The third kappa shape index (κ3) is 4.91. The van der Waals surface area contributed by atoms with Crippen LogP contribution in [0.2, 0.25) is 0 Å². The maximum Gasteiger partial charge on any atom is 0.422 e. The number of ether oxygens (including phenoxy) is 2. The molecule has 0 amide bonds. The van der Waals surface area contributed by atoms with E-state index < -0.39 is 12.8 Å².